The van der Waals surface area contributed by atoms with Crippen molar-refractivity contribution in [1.82, 2.24) is 0 Å². The van der Waals surface area contributed by atoms with Gasteiger partial charge in [0.25, 0.3) is 0 Å². The molecule has 20 heavy (non-hydrogen) atoms. The summed E-state index contributed by atoms with van der Waals surface area (Å²) in [4.78, 5) is 12.1. The number of halogens is 3. The fourth-order valence-corrected chi connectivity index (χ4v) is 1.97. The zero-order valence-electron chi connectivity index (χ0n) is 10.6. The van der Waals surface area contributed by atoms with Crippen LogP contribution < -0.4 is 4.74 Å². The third-order valence-electron chi connectivity index (χ3n) is 2.82. The van der Waals surface area contributed by atoms with Gasteiger partial charge in [-0.2, -0.15) is 0 Å². The van der Waals surface area contributed by atoms with Crippen LogP contribution in [0.1, 0.15) is 15.9 Å². The molecule has 0 saturated carbocycles. The Hall–Kier alpha value is -1.94. The maximum Gasteiger partial charge on any atom is 0.167 e. The number of methoxy groups -OCH3 is 1. The molecule has 0 spiro atoms. The summed E-state index contributed by atoms with van der Waals surface area (Å²) in [6.07, 6.45) is 0.0504. The van der Waals surface area contributed by atoms with Crippen LogP contribution in [0.2, 0.25) is 5.02 Å². The fourth-order valence-electron chi connectivity index (χ4n) is 1.77. The van der Waals surface area contributed by atoms with Gasteiger partial charge in [-0.25, -0.2) is 8.78 Å². The van der Waals surface area contributed by atoms with Crippen molar-refractivity contribution in [2.75, 3.05) is 7.11 Å². The molecule has 0 aliphatic carbocycles. The molecule has 2 aromatic rings. The van der Waals surface area contributed by atoms with Crippen LogP contribution in [0, 0.1) is 11.6 Å². The molecular formula is C15H11ClF2O2. The molecule has 0 atom stereocenters. The molecule has 0 heterocycles. The van der Waals surface area contributed by atoms with Crippen LogP contribution in [0.5, 0.6) is 5.75 Å². The Morgan fingerprint density at radius 3 is 2.50 bits per heavy atom. The van der Waals surface area contributed by atoms with Crippen molar-refractivity contribution in [3.05, 3.63) is 64.2 Å². The van der Waals surface area contributed by atoms with Crippen LogP contribution in [0.3, 0.4) is 0 Å². The Labute approximate surface area is 119 Å². The van der Waals surface area contributed by atoms with E-state index in [2.05, 4.69) is 0 Å². The Balaban J connectivity index is 2.21. The lowest BCUT2D eigenvalue weighted by Crippen LogP contribution is -2.04. The van der Waals surface area contributed by atoms with Crippen molar-refractivity contribution < 1.29 is 18.3 Å². The lowest BCUT2D eigenvalue weighted by molar-refractivity contribution is 0.0992. The minimum Gasteiger partial charge on any atom is -0.494 e. The van der Waals surface area contributed by atoms with Gasteiger partial charge in [0, 0.05) is 12.0 Å². The number of carbonyl (C=O) groups excluding carboxylic acids is 1. The summed E-state index contributed by atoms with van der Waals surface area (Å²) >= 11 is 5.66. The lowest BCUT2D eigenvalue weighted by Gasteiger charge is -2.06. The molecule has 0 bridgehead atoms. The van der Waals surface area contributed by atoms with Crippen molar-refractivity contribution in [3.8, 4) is 5.75 Å². The van der Waals surface area contributed by atoms with E-state index in [-0.39, 0.29) is 23.0 Å². The van der Waals surface area contributed by atoms with E-state index < -0.39 is 11.6 Å². The zero-order chi connectivity index (χ0) is 14.7. The predicted molar refractivity (Wildman–Crippen MR) is 72.4 cm³/mol. The highest BCUT2D eigenvalue weighted by atomic mass is 35.5. The second kappa shape index (κ2) is 6.01. The van der Waals surface area contributed by atoms with Crippen molar-refractivity contribution in [1.29, 1.82) is 0 Å². The maximum atomic E-state index is 13.3. The smallest absolute Gasteiger partial charge is 0.167 e. The average Bonchev–Trinajstić information content (AvgIpc) is 2.43. The summed E-state index contributed by atoms with van der Waals surface area (Å²) in [5, 5.41) is -0.0352. The first kappa shape index (κ1) is 14.5. The first-order valence-corrected chi connectivity index (χ1v) is 6.19. The van der Waals surface area contributed by atoms with Crippen molar-refractivity contribution >= 4 is 17.4 Å². The van der Waals surface area contributed by atoms with Gasteiger partial charge in [0.2, 0.25) is 0 Å². The van der Waals surface area contributed by atoms with E-state index in [4.69, 9.17) is 16.3 Å². The second-order valence-corrected chi connectivity index (χ2v) is 4.60. The van der Waals surface area contributed by atoms with Crippen molar-refractivity contribution in [3.63, 3.8) is 0 Å². The molecule has 2 nitrogen and oxygen atoms in total. The number of benzene rings is 2. The zero-order valence-corrected chi connectivity index (χ0v) is 11.4. The molecule has 2 aromatic carbocycles. The Bertz CT molecular complexity index is 656. The van der Waals surface area contributed by atoms with Gasteiger partial charge in [0.1, 0.15) is 5.82 Å². The largest absolute Gasteiger partial charge is 0.494 e. The summed E-state index contributed by atoms with van der Waals surface area (Å²) in [7, 11) is 1.33. The number of rotatable bonds is 4. The Morgan fingerprint density at radius 1 is 1.15 bits per heavy atom. The highest BCUT2D eigenvalue weighted by molar-refractivity contribution is 6.30. The van der Waals surface area contributed by atoms with Gasteiger partial charge in [-0.1, -0.05) is 17.7 Å². The van der Waals surface area contributed by atoms with E-state index in [1.807, 2.05) is 0 Å². The number of hydrogen-bond donors (Lipinski definition) is 0. The average molecular weight is 297 g/mol. The van der Waals surface area contributed by atoms with E-state index in [0.29, 0.717) is 11.1 Å². The van der Waals surface area contributed by atoms with E-state index in [0.717, 1.165) is 0 Å². The van der Waals surface area contributed by atoms with Gasteiger partial charge in [0.15, 0.2) is 17.3 Å². The van der Waals surface area contributed by atoms with Crippen LogP contribution >= 0.6 is 11.6 Å². The standard InChI is InChI=1S/C15H11ClF2O2/c1-20-15-8-10(3-5-13(15)18)14(19)7-9-2-4-12(17)11(16)6-9/h2-6,8H,7H2,1H3. The summed E-state index contributed by atoms with van der Waals surface area (Å²) in [5.74, 6) is -1.29. The van der Waals surface area contributed by atoms with Crippen LogP contribution in [0.4, 0.5) is 8.78 Å². The van der Waals surface area contributed by atoms with Gasteiger partial charge in [-0.05, 0) is 35.9 Å². The van der Waals surface area contributed by atoms with Crippen molar-refractivity contribution in [2.45, 2.75) is 6.42 Å². The lowest BCUT2D eigenvalue weighted by atomic mass is 10.0. The minimum absolute atomic E-state index is 0.00740. The summed E-state index contributed by atoms with van der Waals surface area (Å²) < 4.78 is 31.1. The molecule has 0 amide bonds. The molecule has 0 aliphatic rings. The third kappa shape index (κ3) is 3.14. The maximum absolute atomic E-state index is 13.3. The number of hydrogen-bond acceptors (Lipinski definition) is 2. The van der Waals surface area contributed by atoms with Crippen molar-refractivity contribution in [2.24, 2.45) is 0 Å². The molecule has 0 aromatic heterocycles. The number of carbonyl (C=O) groups is 1. The molecular weight excluding hydrogens is 286 g/mol. The highest BCUT2D eigenvalue weighted by Gasteiger charge is 2.12. The number of ketones is 1. The third-order valence-corrected chi connectivity index (χ3v) is 3.11. The van der Waals surface area contributed by atoms with Crippen LogP contribution in [-0.4, -0.2) is 12.9 Å². The number of ether oxygens (including phenoxy) is 1. The molecule has 0 unspecified atom stereocenters. The molecule has 0 radical (unpaired) electrons. The normalized spacial score (nSPS) is 10.4. The van der Waals surface area contributed by atoms with E-state index >= 15 is 0 Å². The Morgan fingerprint density at radius 2 is 1.85 bits per heavy atom. The molecule has 5 heteroatoms. The van der Waals surface area contributed by atoms with E-state index in [1.54, 1.807) is 0 Å². The van der Waals surface area contributed by atoms with Crippen LogP contribution in [0.25, 0.3) is 0 Å². The Kier molecular flexibility index (Phi) is 4.35. The molecule has 0 saturated heterocycles. The van der Waals surface area contributed by atoms with Gasteiger partial charge in [-0.3, -0.25) is 4.79 Å². The molecule has 0 aliphatic heterocycles. The quantitative estimate of drug-likeness (QED) is 0.796. The predicted octanol–water partition coefficient (Wildman–Crippen LogP) is 4.05. The molecule has 104 valence electrons. The van der Waals surface area contributed by atoms with Gasteiger partial charge >= 0.3 is 0 Å². The van der Waals surface area contributed by atoms with E-state index in [1.165, 1.54) is 43.5 Å². The SMILES string of the molecule is COc1cc(C(=O)Cc2ccc(F)c(Cl)c2)ccc1F. The molecule has 0 fully saturated rings. The monoisotopic (exact) mass is 296 g/mol. The summed E-state index contributed by atoms with van der Waals surface area (Å²) in [5.41, 5.74) is 0.911. The van der Waals surface area contributed by atoms with Crippen LogP contribution in [-0.2, 0) is 6.42 Å². The molecule has 0 N–H and O–H groups in total. The first-order valence-electron chi connectivity index (χ1n) is 5.82. The van der Waals surface area contributed by atoms with Gasteiger partial charge < -0.3 is 4.74 Å². The second-order valence-electron chi connectivity index (χ2n) is 4.20. The van der Waals surface area contributed by atoms with Gasteiger partial charge in [0.05, 0.1) is 12.1 Å². The molecule has 2 rings (SSSR count). The minimum atomic E-state index is -0.536. The van der Waals surface area contributed by atoms with Gasteiger partial charge in [-0.15, -0.1) is 0 Å². The fraction of sp³-hybridized carbons (Fsp3) is 0.133. The van der Waals surface area contributed by atoms with E-state index in [9.17, 15) is 13.6 Å². The van der Waals surface area contributed by atoms with Crippen LogP contribution in [0.15, 0.2) is 36.4 Å². The highest BCUT2D eigenvalue weighted by Crippen LogP contribution is 2.21. The topological polar surface area (TPSA) is 26.3 Å². The first-order chi connectivity index (χ1) is 9.51. The number of Topliss-reactive ketones (excluding diaryl/α,β-unsaturated/α-hetero) is 1. The summed E-state index contributed by atoms with van der Waals surface area (Å²) in [6.45, 7) is 0. The summed E-state index contributed by atoms with van der Waals surface area (Å²) in [6, 6.07) is 7.98.